The lowest BCUT2D eigenvalue weighted by atomic mass is 10.2. The molecule has 0 saturated heterocycles. The molecule has 0 radical (unpaired) electrons. The summed E-state index contributed by atoms with van der Waals surface area (Å²) in [6.07, 6.45) is 2.13. The van der Waals surface area contributed by atoms with E-state index < -0.39 is 0 Å². The maximum atomic E-state index is 12.3. The smallest absolute Gasteiger partial charge is 0.243 e. The van der Waals surface area contributed by atoms with E-state index in [1.54, 1.807) is 18.2 Å². The Hall–Kier alpha value is -2.73. The minimum Gasteiger partial charge on any atom is -0.494 e. The van der Waals surface area contributed by atoms with Gasteiger partial charge in [-0.15, -0.1) is 0 Å². The van der Waals surface area contributed by atoms with Crippen molar-refractivity contribution in [2.24, 2.45) is 0 Å². The lowest BCUT2D eigenvalue weighted by molar-refractivity contribution is -0.116. The fourth-order valence-electron chi connectivity index (χ4n) is 2.44. The second-order valence-corrected chi connectivity index (χ2v) is 6.68. The summed E-state index contributed by atoms with van der Waals surface area (Å²) >= 11 is 6.16. The molecular weight excluding hydrogens is 378 g/mol. The van der Waals surface area contributed by atoms with E-state index in [0.717, 1.165) is 24.3 Å². The van der Waals surface area contributed by atoms with Crippen molar-refractivity contribution in [1.29, 1.82) is 0 Å². The number of amides is 2. The molecule has 0 atom stereocenters. The number of anilines is 3. The van der Waals surface area contributed by atoms with Crippen LogP contribution in [0.15, 0.2) is 42.5 Å². The molecule has 28 heavy (non-hydrogen) atoms. The quantitative estimate of drug-likeness (QED) is 0.526. The Morgan fingerprint density at radius 1 is 0.964 bits per heavy atom. The number of hydrogen-bond acceptors (Lipinski definition) is 4. The SMILES string of the molecule is CCCOc1cccc(NCC(=O)Nc2cc(NC(=O)CCC)ccc2Cl)c1. The average molecular weight is 404 g/mol. The molecule has 3 N–H and O–H groups in total. The number of hydrogen-bond donors (Lipinski definition) is 3. The molecule has 0 aromatic heterocycles. The Bertz CT molecular complexity index is 811. The van der Waals surface area contributed by atoms with E-state index in [1.165, 1.54) is 0 Å². The van der Waals surface area contributed by atoms with Gasteiger partial charge in [0.05, 0.1) is 23.9 Å². The Labute approximate surface area is 170 Å². The first kappa shape index (κ1) is 21.6. The summed E-state index contributed by atoms with van der Waals surface area (Å²) in [7, 11) is 0. The third-order valence-corrected chi connectivity index (χ3v) is 4.09. The average Bonchev–Trinajstić information content (AvgIpc) is 2.68. The highest BCUT2D eigenvalue weighted by Crippen LogP contribution is 2.26. The second kappa shape index (κ2) is 11.2. The highest BCUT2D eigenvalue weighted by Gasteiger charge is 2.09. The summed E-state index contributed by atoms with van der Waals surface area (Å²) in [5, 5.41) is 9.00. The van der Waals surface area contributed by atoms with Crippen LogP contribution < -0.4 is 20.7 Å². The summed E-state index contributed by atoms with van der Waals surface area (Å²) < 4.78 is 5.58. The van der Waals surface area contributed by atoms with Crippen molar-refractivity contribution in [2.75, 3.05) is 29.1 Å². The number of carbonyl (C=O) groups is 2. The van der Waals surface area contributed by atoms with Crippen LogP contribution in [-0.4, -0.2) is 25.0 Å². The molecule has 0 fully saturated rings. The van der Waals surface area contributed by atoms with Crippen molar-refractivity contribution < 1.29 is 14.3 Å². The molecule has 0 unspecified atom stereocenters. The first-order valence-electron chi connectivity index (χ1n) is 9.37. The third-order valence-electron chi connectivity index (χ3n) is 3.76. The zero-order valence-electron chi connectivity index (χ0n) is 16.2. The second-order valence-electron chi connectivity index (χ2n) is 6.27. The zero-order chi connectivity index (χ0) is 20.4. The fourth-order valence-corrected chi connectivity index (χ4v) is 2.61. The number of nitrogens with one attached hydrogen (secondary N) is 3. The molecule has 150 valence electrons. The highest BCUT2D eigenvalue weighted by atomic mass is 35.5. The van der Waals surface area contributed by atoms with Gasteiger partial charge < -0.3 is 20.7 Å². The molecule has 2 amide bonds. The van der Waals surface area contributed by atoms with Crippen LogP contribution in [0.1, 0.15) is 33.1 Å². The number of carbonyl (C=O) groups excluding carboxylic acids is 2. The van der Waals surface area contributed by atoms with Crippen molar-refractivity contribution in [1.82, 2.24) is 0 Å². The highest BCUT2D eigenvalue weighted by molar-refractivity contribution is 6.33. The van der Waals surface area contributed by atoms with E-state index in [-0.39, 0.29) is 18.4 Å². The summed E-state index contributed by atoms with van der Waals surface area (Å²) in [6, 6.07) is 12.4. The van der Waals surface area contributed by atoms with Gasteiger partial charge in [-0.2, -0.15) is 0 Å². The Kier molecular flexibility index (Phi) is 8.62. The fraction of sp³-hybridized carbons (Fsp3) is 0.333. The Balaban J connectivity index is 1.93. The molecule has 0 bridgehead atoms. The number of rotatable bonds is 10. The molecule has 7 heteroatoms. The number of benzene rings is 2. The molecule has 2 rings (SSSR count). The Morgan fingerprint density at radius 3 is 2.54 bits per heavy atom. The first-order chi connectivity index (χ1) is 13.5. The minimum absolute atomic E-state index is 0.0694. The van der Waals surface area contributed by atoms with Gasteiger partial charge in [0, 0.05) is 23.9 Å². The first-order valence-corrected chi connectivity index (χ1v) is 9.75. The molecule has 0 heterocycles. The molecular formula is C21H26ClN3O3. The molecule has 6 nitrogen and oxygen atoms in total. The van der Waals surface area contributed by atoms with Gasteiger partial charge in [0.2, 0.25) is 11.8 Å². The van der Waals surface area contributed by atoms with E-state index in [1.807, 2.05) is 38.1 Å². The van der Waals surface area contributed by atoms with Gasteiger partial charge in [0.1, 0.15) is 5.75 Å². The number of halogens is 1. The summed E-state index contributed by atoms with van der Waals surface area (Å²) in [5.74, 6) is 0.429. The minimum atomic E-state index is -0.251. The van der Waals surface area contributed by atoms with E-state index in [2.05, 4.69) is 16.0 Å². The molecule has 0 aliphatic carbocycles. The summed E-state index contributed by atoms with van der Waals surface area (Å²) in [6.45, 7) is 4.70. The summed E-state index contributed by atoms with van der Waals surface area (Å²) in [5.41, 5.74) is 1.82. The van der Waals surface area contributed by atoms with Gasteiger partial charge >= 0.3 is 0 Å². The maximum absolute atomic E-state index is 12.3. The number of ether oxygens (including phenoxy) is 1. The lowest BCUT2D eigenvalue weighted by Crippen LogP contribution is -2.22. The van der Waals surface area contributed by atoms with Crippen LogP contribution in [-0.2, 0) is 9.59 Å². The predicted molar refractivity (Wildman–Crippen MR) is 114 cm³/mol. The molecule has 0 aliphatic rings. The standard InChI is InChI=1S/C21H26ClN3O3/c1-3-6-20(26)24-16-9-10-18(22)19(13-16)25-21(27)14-23-15-7-5-8-17(12-15)28-11-4-2/h5,7-10,12-13,23H,3-4,6,11,14H2,1-2H3,(H,24,26)(H,25,27). The van der Waals surface area contributed by atoms with Crippen molar-refractivity contribution in [3.63, 3.8) is 0 Å². The van der Waals surface area contributed by atoms with Gasteiger partial charge in [-0.25, -0.2) is 0 Å². The van der Waals surface area contributed by atoms with Gasteiger partial charge in [0.15, 0.2) is 0 Å². The van der Waals surface area contributed by atoms with Crippen molar-refractivity contribution in [2.45, 2.75) is 33.1 Å². The van der Waals surface area contributed by atoms with Crippen LogP contribution >= 0.6 is 11.6 Å². The van der Waals surface area contributed by atoms with E-state index in [9.17, 15) is 9.59 Å². The van der Waals surface area contributed by atoms with E-state index in [0.29, 0.717) is 29.4 Å². The van der Waals surface area contributed by atoms with Crippen LogP contribution in [0.4, 0.5) is 17.1 Å². The van der Waals surface area contributed by atoms with E-state index >= 15 is 0 Å². The molecule has 0 spiro atoms. The Morgan fingerprint density at radius 2 is 1.79 bits per heavy atom. The predicted octanol–water partition coefficient (Wildman–Crippen LogP) is 4.92. The maximum Gasteiger partial charge on any atom is 0.243 e. The van der Waals surface area contributed by atoms with Crippen LogP contribution in [0.3, 0.4) is 0 Å². The topological polar surface area (TPSA) is 79.5 Å². The molecule has 2 aromatic rings. The van der Waals surface area contributed by atoms with Crippen molar-refractivity contribution in [3.05, 3.63) is 47.5 Å². The lowest BCUT2D eigenvalue weighted by Gasteiger charge is -2.12. The van der Waals surface area contributed by atoms with E-state index in [4.69, 9.17) is 16.3 Å². The van der Waals surface area contributed by atoms with Crippen LogP contribution in [0, 0.1) is 0 Å². The van der Waals surface area contributed by atoms with Crippen LogP contribution in [0.25, 0.3) is 0 Å². The van der Waals surface area contributed by atoms with Gasteiger partial charge in [-0.3, -0.25) is 9.59 Å². The zero-order valence-corrected chi connectivity index (χ0v) is 16.9. The van der Waals surface area contributed by atoms with Gasteiger partial charge in [0.25, 0.3) is 0 Å². The largest absolute Gasteiger partial charge is 0.494 e. The molecule has 0 aliphatic heterocycles. The van der Waals surface area contributed by atoms with Crippen LogP contribution in [0.5, 0.6) is 5.75 Å². The summed E-state index contributed by atoms with van der Waals surface area (Å²) in [4.78, 5) is 24.0. The van der Waals surface area contributed by atoms with Gasteiger partial charge in [-0.05, 0) is 43.2 Å². The van der Waals surface area contributed by atoms with Gasteiger partial charge in [-0.1, -0.05) is 31.5 Å². The van der Waals surface area contributed by atoms with Crippen LogP contribution in [0.2, 0.25) is 5.02 Å². The normalized spacial score (nSPS) is 10.2. The molecule has 2 aromatic carbocycles. The molecule has 0 saturated carbocycles. The van der Waals surface area contributed by atoms with Crippen molar-refractivity contribution in [3.8, 4) is 5.75 Å². The monoisotopic (exact) mass is 403 g/mol. The van der Waals surface area contributed by atoms with Crippen molar-refractivity contribution >= 4 is 40.5 Å². The third kappa shape index (κ3) is 7.12.